The van der Waals surface area contributed by atoms with Crippen LogP contribution >= 0.6 is 0 Å². The molecule has 0 saturated carbocycles. The number of aromatic nitrogens is 2. The van der Waals surface area contributed by atoms with E-state index in [9.17, 15) is 9.90 Å². The molecule has 4 atom stereocenters. The van der Waals surface area contributed by atoms with E-state index in [-0.39, 0.29) is 22.5 Å². The smallest absolute Gasteiger partial charge is 0.351 e. The molecule has 1 aliphatic heterocycles. The highest BCUT2D eigenvalue weighted by Crippen LogP contribution is 2.45. The lowest BCUT2D eigenvalue weighted by Crippen LogP contribution is -2.54. The fourth-order valence-electron chi connectivity index (χ4n) is 3.00. The topological polar surface area (TPSA) is 109 Å². The first-order chi connectivity index (χ1) is 13.9. The molecule has 1 aromatic heterocycles. The number of nitrogen functional groups attached to an aromatic ring is 1. The molecule has 31 heavy (non-hydrogen) atoms. The molecule has 2 rings (SSSR count). The lowest BCUT2D eigenvalue weighted by molar-refractivity contribution is -0.0528. The Labute approximate surface area is 188 Å². The molecule has 8 nitrogen and oxygen atoms in total. The molecule has 0 unspecified atom stereocenters. The van der Waals surface area contributed by atoms with E-state index >= 15 is 0 Å². The zero-order chi connectivity index (χ0) is 24.0. The minimum absolute atomic E-state index is 0.0355. The Kier molecular flexibility index (Phi) is 7.37. The quantitative estimate of drug-likeness (QED) is 0.611. The Morgan fingerprint density at radius 1 is 1.06 bits per heavy atom. The maximum absolute atomic E-state index is 12.6. The average molecular weight is 472 g/mol. The fourth-order valence-corrected chi connectivity index (χ4v) is 5.60. The van der Waals surface area contributed by atoms with Crippen LogP contribution in [0.25, 0.3) is 0 Å². The number of anilines is 1. The summed E-state index contributed by atoms with van der Waals surface area (Å²) < 4.78 is 21.1. The monoisotopic (exact) mass is 471 g/mol. The molecule has 0 amide bonds. The van der Waals surface area contributed by atoms with Crippen molar-refractivity contribution in [2.24, 2.45) is 0 Å². The van der Waals surface area contributed by atoms with Crippen LogP contribution in [0.2, 0.25) is 36.3 Å². The molecule has 0 bridgehead atoms. The second-order valence-electron chi connectivity index (χ2n) is 11.5. The molecule has 2 heterocycles. The summed E-state index contributed by atoms with van der Waals surface area (Å²) in [6.45, 7) is 21.4. The van der Waals surface area contributed by atoms with Gasteiger partial charge in [0.25, 0.3) is 0 Å². The number of aliphatic hydroxyl groups is 1. The van der Waals surface area contributed by atoms with Crippen LogP contribution in [0.15, 0.2) is 17.1 Å². The minimum Gasteiger partial charge on any atom is -0.408 e. The maximum Gasteiger partial charge on any atom is 0.351 e. The first-order valence-corrected chi connectivity index (χ1v) is 16.7. The Bertz CT molecular complexity index is 830. The summed E-state index contributed by atoms with van der Waals surface area (Å²) in [5.41, 5.74) is 5.17. The van der Waals surface area contributed by atoms with E-state index in [2.05, 4.69) is 72.7 Å². The largest absolute Gasteiger partial charge is 0.408 e. The standard InChI is InChI=1S/C21H41N3O5Si2/c1-20(2,3)30(7,8)28-16-14(13-25)27-18(24-12-11-15(22)23-19(24)26)17(16)29-31(9,10)21(4,5)6/h11-12,14,16-18,25H,13H2,1-10H3,(H2,22,23,26)/t14-,16-,17+,18-/m1/s1. The summed E-state index contributed by atoms with van der Waals surface area (Å²) >= 11 is 0. The zero-order valence-electron chi connectivity index (χ0n) is 20.7. The Morgan fingerprint density at radius 3 is 1.97 bits per heavy atom. The van der Waals surface area contributed by atoms with Gasteiger partial charge in [-0.25, -0.2) is 4.79 Å². The van der Waals surface area contributed by atoms with Gasteiger partial charge in [-0.2, -0.15) is 4.98 Å². The van der Waals surface area contributed by atoms with E-state index in [1.807, 2.05) is 0 Å². The van der Waals surface area contributed by atoms with Crippen molar-refractivity contribution in [1.29, 1.82) is 0 Å². The number of hydrogen-bond donors (Lipinski definition) is 2. The van der Waals surface area contributed by atoms with Crippen molar-refractivity contribution in [1.82, 2.24) is 9.55 Å². The van der Waals surface area contributed by atoms with Crippen LogP contribution in [0.5, 0.6) is 0 Å². The first-order valence-electron chi connectivity index (χ1n) is 10.9. The molecular weight excluding hydrogens is 430 g/mol. The second-order valence-corrected chi connectivity index (χ2v) is 21.0. The van der Waals surface area contributed by atoms with Gasteiger partial charge in [0.2, 0.25) is 0 Å². The summed E-state index contributed by atoms with van der Waals surface area (Å²) in [5, 5.41) is 10.0. The van der Waals surface area contributed by atoms with Gasteiger partial charge >= 0.3 is 5.69 Å². The van der Waals surface area contributed by atoms with Gasteiger partial charge in [-0.3, -0.25) is 4.57 Å². The SMILES string of the molecule is CC(C)(C)[Si](C)(C)O[C@H]1[C@H](O[Si](C)(C)C(C)(C)C)[C@@H](CO)O[C@H]1n1ccc(N)nc1=O. The van der Waals surface area contributed by atoms with Crippen molar-refractivity contribution in [2.75, 3.05) is 12.3 Å². The van der Waals surface area contributed by atoms with Crippen molar-refractivity contribution in [3.05, 3.63) is 22.7 Å². The molecule has 1 saturated heterocycles. The van der Waals surface area contributed by atoms with Crippen LogP contribution < -0.4 is 11.4 Å². The summed E-state index contributed by atoms with van der Waals surface area (Å²) in [7, 11) is -4.49. The molecule has 3 N–H and O–H groups in total. The van der Waals surface area contributed by atoms with Gasteiger partial charge in [0.1, 0.15) is 24.1 Å². The van der Waals surface area contributed by atoms with Crippen molar-refractivity contribution in [3.8, 4) is 0 Å². The Hall–Kier alpha value is -1.05. The lowest BCUT2D eigenvalue weighted by atomic mass is 10.1. The van der Waals surface area contributed by atoms with Gasteiger partial charge in [-0.1, -0.05) is 41.5 Å². The molecule has 1 aromatic rings. The van der Waals surface area contributed by atoms with Gasteiger partial charge in [-0.15, -0.1) is 0 Å². The van der Waals surface area contributed by atoms with E-state index in [0.717, 1.165) is 0 Å². The molecule has 0 aliphatic carbocycles. The number of nitrogens with zero attached hydrogens (tertiary/aromatic N) is 2. The number of rotatable bonds is 6. The van der Waals surface area contributed by atoms with Crippen molar-refractivity contribution >= 4 is 22.5 Å². The molecule has 0 aromatic carbocycles. The number of nitrogens with two attached hydrogens (primary N) is 1. The van der Waals surface area contributed by atoms with Crippen LogP contribution in [0.3, 0.4) is 0 Å². The zero-order valence-corrected chi connectivity index (χ0v) is 22.7. The van der Waals surface area contributed by atoms with Crippen molar-refractivity contribution in [3.63, 3.8) is 0 Å². The second kappa shape index (κ2) is 8.71. The molecule has 1 aliphatic rings. The van der Waals surface area contributed by atoms with Gasteiger partial charge in [0, 0.05) is 6.20 Å². The van der Waals surface area contributed by atoms with E-state index in [4.69, 9.17) is 19.3 Å². The van der Waals surface area contributed by atoms with Crippen LogP contribution in [-0.2, 0) is 13.6 Å². The lowest BCUT2D eigenvalue weighted by Gasteiger charge is -2.44. The molecule has 0 spiro atoms. The normalized spacial score (nSPS) is 25.8. The summed E-state index contributed by atoms with van der Waals surface area (Å²) in [6.07, 6.45) is -0.870. The number of hydrogen-bond acceptors (Lipinski definition) is 7. The Balaban J connectivity index is 2.56. The van der Waals surface area contributed by atoms with Gasteiger partial charge in [0.15, 0.2) is 22.9 Å². The van der Waals surface area contributed by atoms with Crippen LogP contribution in [0.1, 0.15) is 47.8 Å². The van der Waals surface area contributed by atoms with E-state index < -0.39 is 46.9 Å². The van der Waals surface area contributed by atoms with Gasteiger partial charge in [0.05, 0.1) is 6.61 Å². The minimum atomic E-state index is -2.26. The third-order valence-electron chi connectivity index (χ3n) is 7.06. The highest BCUT2D eigenvalue weighted by molar-refractivity contribution is 6.74. The van der Waals surface area contributed by atoms with Crippen LogP contribution in [0, 0.1) is 0 Å². The third-order valence-corrected chi connectivity index (χ3v) is 16.0. The fraction of sp³-hybridized carbons (Fsp3) is 0.810. The molecule has 10 heteroatoms. The van der Waals surface area contributed by atoms with Gasteiger partial charge < -0.3 is 24.4 Å². The molecule has 1 fully saturated rings. The molecule has 0 radical (unpaired) electrons. The van der Waals surface area contributed by atoms with Crippen LogP contribution in [-0.4, -0.2) is 56.2 Å². The van der Waals surface area contributed by atoms with E-state index in [1.165, 1.54) is 4.57 Å². The maximum atomic E-state index is 12.6. The van der Waals surface area contributed by atoms with Crippen molar-refractivity contribution in [2.45, 2.75) is 102 Å². The summed E-state index contributed by atoms with van der Waals surface area (Å²) in [4.78, 5) is 16.5. The number of aliphatic hydroxyl groups excluding tert-OH is 1. The predicted molar refractivity (Wildman–Crippen MR) is 128 cm³/mol. The van der Waals surface area contributed by atoms with E-state index in [0.29, 0.717) is 0 Å². The first kappa shape index (κ1) is 26.2. The van der Waals surface area contributed by atoms with Crippen molar-refractivity contribution < 1.29 is 18.7 Å². The predicted octanol–water partition coefficient (Wildman–Crippen LogP) is 3.50. The summed E-state index contributed by atoms with van der Waals surface area (Å²) in [5.74, 6) is 0.147. The Morgan fingerprint density at radius 2 is 1.55 bits per heavy atom. The number of ether oxygens (including phenoxy) is 1. The molecule has 178 valence electrons. The van der Waals surface area contributed by atoms with E-state index in [1.54, 1.807) is 12.3 Å². The third kappa shape index (κ3) is 5.48. The average Bonchev–Trinajstić information content (AvgIpc) is 2.89. The molecular formula is C21H41N3O5Si2. The van der Waals surface area contributed by atoms with Crippen LogP contribution in [0.4, 0.5) is 5.82 Å². The highest BCUT2D eigenvalue weighted by Gasteiger charge is 2.54. The highest BCUT2D eigenvalue weighted by atomic mass is 28.4. The summed E-state index contributed by atoms with van der Waals surface area (Å²) in [6, 6.07) is 1.56. The van der Waals surface area contributed by atoms with Gasteiger partial charge in [-0.05, 0) is 42.3 Å².